The van der Waals surface area contributed by atoms with Gasteiger partial charge in [0, 0.05) is 12.0 Å². The highest BCUT2D eigenvalue weighted by atomic mass is 32.1. The van der Waals surface area contributed by atoms with Crippen molar-refractivity contribution in [2.75, 3.05) is 13.2 Å². The lowest BCUT2D eigenvalue weighted by Crippen LogP contribution is -2.87. The second-order valence-corrected chi connectivity index (χ2v) is 7.10. The van der Waals surface area contributed by atoms with Crippen molar-refractivity contribution in [3.63, 3.8) is 0 Å². The number of H-pyrrole nitrogens is 1. The van der Waals surface area contributed by atoms with Gasteiger partial charge < -0.3 is 15.2 Å². The molecule has 6 nitrogen and oxygen atoms in total. The maximum Gasteiger partial charge on any atom is 0.265 e. The van der Waals surface area contributed by atoms with Gasteiger partial charge in [0.05, 0.1) is 18.8 Å². The molecule has 2 aromatic carbocycles. The second kappa shape index (κ2) is 7.61. The van der Waals surface area contributed by atoms with Crippen molar-refractivity contribution in [3.8, 4) is 17.3 Å². The Morgan fingerprint density at radius 1 is 1.25 bits per heavy atom. The van der Waals surface area contributed by atoms with Crippen molar-refractivity contribution in [1.29, 1.82) is 0 Å². The molecular formula is C21H22N3O3S+. The Morgan fingerprint density at radius 3 is 2.75 bits per heavy atom. The molecule has 0 unspecified atom stereocenters. The largest absolute Gasteiger partial charge is 0.494 e. The summed E-state index contributed by atoms with van der Waals surface area (Å²) in [5, 5.41) is 13.2. The van der Waals surface area contributed by atoms with E-state index in [1.54, 1.807) is 12.1 Å². The summed E-state index contributed by atoms with van der Waals surface area (Å²) < 4.78 is 7.12. The summed E-state index contributed by atoms with van der Waals surface area (Å²) in [5.41, 5.74) is 2.86. The van der Waals surface area contributed by atoms with Gasteiger partial charge in [0.1, 0.15) is 17.4 Å². The second-order valence-electron chi connectivity index (χ2n) is 6.71. The number of nitrogens with two attached hydrogens (primary N) is 1. The Hall–Kier alpha value is -2.90. The molecule has 1 aliphatic rings. The molecule has 0 saturated heterocycles. The fraction of sp³-hybridized carbons (Fsp3) is 0.238. The molecule has 0 spiro atoms. The standard InChI is InChI=1S/C21H21N3O3S/c1-2-27-15-9-7-14(8-10-15)24-20(26)17(19(25)23-21(24)28)18-16-6-4-3-5-13(16)11-12-22-18/h3-10,18,22,26H,2,11-12H2,1H3,(H,23,25,28)/p+1/t18-/m1/s1. The van der Waals surface area contributed by atoms with Crippen LogP contribution in [0.15, 0.2) is 53.3 Å². The van der Waals surface area contributed by atoms with Gasteiger partial charge in [-0.15, -0.1) is 0 Å². The van der Waals surface area contributed by atoms with Crippen LogP contribution < -0.4 is 15.6 Å². The summed E-state index contributed by atoms with van der Waals surface area (Å²) in [6.45, 7) is 3.34. The van der Waals surface area contributed by atoms with Crippen molar-refractivity contribution in [1.82, 2.24) is 9.55 Å². The summed E-state index contributed by atoms with van der Waals surface area (Å²) in [6, 6.07) is 15.0. The monoisotopic (exact) mass is 396 g/mol. The van der Waals surface area contributed by atoms with Crippen LogP contribution in [0.4, 0.5) is 0 Å². The van der Waals surface area contributed by atoms with Crippen molar-refractivity contribution in [2.45, 2.75) is 19.4 Å². The van der Waals surface area contributed by atoms with E-state index in [1.165, 1.54) is 10.1 Å². The average Bonchev–Trinajstić information content (AvgIpc) is 2.69. The molecule has 1 aliphatic heterocycles. The van der Waals surface area contributed by atoms with Crippen LogP contribution in [0.1, 0.15) is 29.7 Å². The van der Waals surface area contributed by atoms with Crippen molar-refractivity contribution >= 4 is 12.2 Å². The van der Waals surface area contributed by atoms with E-state index in [-0.39, 0.29) is 22.3 Å². The van der Waals surface area contributed by atoms with Gasteiger partial charge >= 0.3 is 0 Å². The van der Waals surface area contributed by atoms with Gasteiger partial charge in [0.2, 0.25) is 5.88 Å². The number of fused-ring (bicyclic) bond motifs is 1. The molecule has 7 heteroatoms. The third-order valence-electron chi connectivity index (χ3n) is 5.04. The zero-order valence-electron chi connectivity index (χ0n) is 15.5. The van der Waals surface area contributed by atoms with E-state index >= 15 is 0 Å². The third-order valence-corrected chi connectivity index (χ3v) is 5.33. The minimum Gasteiger partial charge on any atom is -0.494 e. The van der Waals surface area contributed by atoms with Crippen LogP contribution >= 0.6 is 12.2 Å². The maximum absolute atomic E-state index is 12.8. The number of hydrogen-bond donors (Lipinski definition) is 3. The summed E-state index contributed by atoms with van der Waals surface area (Å²) in [7, 11) is 0. The molecule has 0 saturated carbocycles. The third kappa shape index (κ3) is 3.23. The zero-order valence-corrected chi connectivity index (χ0v) is 16.3. The summed E-state index contributed by atoms with van der Waals surface area (Å²) in [4.78, 5) is 15.5. The summed E-state index contributed by atoms with van der Waals surface area (Å²) in [6.07, 6.45) is 0.934. The predicted octanol–water partition coefficient (Wildman–Crippen LogP) is 2.21. The molecule has 0 aliphatic carbocycles. The van der Waals surface area contributed by atoms with Gasteiger partial charge in [-0.3, -0.25) is 14.3 Å². The van der Waals surface area contributed by atoms with Crippen LogP contribution in [0, 0.1) is 4.77 Å². The van der Waals surface area contributed by atoms with Gasteiger partial charge in [-0.25, -0.2) is 0 Å². The van der Waals surface area contributed by atoms with Crippen LogP contribution in [0.5, 0.6) is 11.6 Å². The van der Waals surface area contributed by atoms with Gasteiger partial charge in [-0.05, 0) is 49.0 Å². The first-order valence-corrected chi connectivity index (χ1v) is 9.73. The average molecular weight is 396 g/mol. The topological polar surface area (TPSA) is 83.9 Å². The van der Waals surface area contributed by atoms with Gasteiger partial charge in [-0.2, -0.15) is 0 Å². The van der Waals surface area contributed by atoms with Crippen LogP contribution in [0.3, 0.4) is 0 Å². The van der Waals surface area contributed by atoms with Crippen molar-refractivity contribution in [3.05, 3.63) is 80.3 Å². The molecule has 1 atom stereocenters. The van der Waals surface area contributed by atoms with E-state index < -0.39 is 0 Å². The number of ether oxygens (including phenoxy) is 1. The quantitative estimate of drug-likeness (QED) is 0.591. The first kappa shape index (κ1) is 18.5. The van der Waals surface area contributed by atoms with E-state index in [2.05, 4.69) is 16.4 Å². The van der Waals surface area contributed by atoms with E-state index in [0.717, 1.165) is 24.3 Å². The Bertz CT molecular complexity index is 1120. The molecule has 0 amide bonds. The molecule has 0 bridgehead atoms. The minimum atomic E-state index is -0.359. The van der Waals surface area contributed by atoms with Crippen LogP contribution in [-0.2, 0) is 6.42 Å². The van der Waals surface area contributed by atoms with Crippen LogP contribution in [0.25, 0.3) is 5.69 Å². The molecule has 144 valence electrons. The highest BCUT2D eigenvalue weighted by Crippen LogP contribution is 2.29. The Kier molecular flexibility index (Phi) is 5.02. The number of rotatable bonds is 4. The lowest BCUT2D eigenvalue weighted by atomic mass is 9.90. The highest BCUT2D eigenvalue weighted by Gasteiger charge is 2.31. The number of nitrogens with one attached hydrogen (secondary N) is 1. The fourth-order valence-electron chi connectivity index (χ4n) is 3.79. The van der Waals surface area contributed by atoms with Crippen LogP contribution in [0.2, 0.25) is 0 Å². The molecule has 0 radical (unpaired) electrons. The number of benzene rings is 2. The molecule has 28 heavy (non-hydrogen) atoms. The summed E-state index contributed by atoms with van der Waals surface area (Å²) >= 11 is 5.34. The molecule has 2 heterocycles. The smallest absolute Gasteiger partial charge is 0.265 e. The zero-order chi connectivity index (χ0) is 19.7. The van der Waals surface area contributed by atoms with E-state index in [0.29, 0.717) is 17.9 Å². The maximum atomic E-state index is 12.8. The van der Waals surface area contributed by atoms with Crippen molar-refractivity contribution in [2.24, 2.45) is 0 Å². The predicted molar refractivity (Wildman–Crippen MR) is 109 cm³/mol. The molecule has 4 rings (SSSR count). The Labute approximate surface area is 167 Å². The molecule has 1 aromatic heterocycles. The SMILES string of the molecule is CCOc1ccc(-n2c(O)c([C@@H]3[NH2+]CCc4ccccc43)c(=O)[nH]c2=S)cc1. The minimum absolute atomic E-state index is 0.129. The van der Waals surface area contributed by atoms with Gasteiger partial charge in [0.15, 0.2) is 4.77 Å². The highest BCUT2D eigenvalue weighted by molar-refractivity contribution is 7.71. The normalized spacial score (nSPS) is 15.8. The van der Waals surface area contributed by atoms with Crippen molar-refractivity contribution < 1.29 is 15.2 Å². The fourth-order valence-corrected chi connectivity index (χ4v) is 4.07. The Balaban J connectivity index is 1.86. The van der Waals surface area contributed by atoms with Crippen LogP contribution in [-0.4, -0.2) is 27.8 Å². The first-order chi connectivity index (χ1) is 13.6. The van der Waals surface area contributed by atoms with E-state index in [9.17, 15) is 9.90 Å². The number of aromatic nitrogens is 2. The molecule has 4 N–H and O–H groups in total. The first-order valence-electron chi connectivity index (χ1n) is 9.32. The number of aromatic hydroxyl groups is 1. The van der Waals surface area contributed by atoms with E-state index in [4.69, 9.17) is 17.0 Å². The number of quaternary nitrogens is 1. The lowest BCUT2D eigenvalue weighted by molar-refractivity contribution is -0.690. The lowest BCUT2D eigenvalue weighted by Gasteiger charge is -2.24. The molecule has 0 fully saturated rings. The van der Waals surface area contributed by atoms with E-state index in [1.807, 2.05) is 37.3 Å². The van der Waals surface area contributed by atoms with Gasteiger partial charge in [0.25, 0.3) is 5.56 Å². The molecular weight excluding hydrogens is 374 g/mol. The van der Waals surface area contributed by atoms with Gasteiger partial charge in [-0.1, -0.05) is 24.3 Å². The summed E-state index contributed by atoms with van der Waals surface area (Å²) in [5.74, 6) is 0.604. The molecule has 3 aromatic rings. The number of aromatic amines is 1. The Morgan fingerprint density at radius 2 is 2.00 bits per heavy atom. The number of hydrogen-bond acceptors (Lipinski definition) is 4. The number of nitrogens with zero attached hydrogens (tertiary/aromatic N) is 1.